The maximum Gasteiger partial charge on any atom is 0.149 e. The molecule has 2 N–H and O–H groups in total. The summed E-state index contributed by atoms with van der Waals surface area (Å²) in [7, 11) is 0. The predicted octanol–water partition coefficient (Wildman–Crippen LogP) is 1.71. The Kier molecular flexibility index (Phi) is 2.04. The van der Waals surface area contributed by atoms with E-state index in [2.05, 4.69) is 15.0 Å². The molecule has 17 heavy (non-hydrogen) atoms. The topological polar surface area (TPSA) is 69.6 Å². The molecule has 1 aromatic carbocycles. The highest BCUT2D eigenvalue weighted by Gasteiger charge is 2.07. The van der Waals surface area contributed by atoms with Crippen LogP contribution in [-0.2, 0) is 0 Å². The summed E-state index contributed by atoms with van der Waals surface area (Å²) in [6.45, 7) is 1.93. The molecule has 0 atom stereocenters. The van der Waals surface area contributed by atoms with E-state index in [1.54, 1.807) is 12.5 Å². The predicted molar refractivity (Wildman–Crippen MR) is 65.8 cm³/mol. The van der Waals surface area contributed by atoms with Gasteiger partial charge in [0.05, 0.1) is 5.52 Å². The molecule has 3 aromatic rings. The Labute approximate surface area is 98.0 Å². The molecule has 2 heterocycles. The Morgan fingerprint density at radius 1 is 1.18 bits per heavy atom. The van der Waals surface area contributed by atoms with Crippen LogP contribution in [0.5, 0.6) is 0 Å². The highest BCUT2D eigenvalue weighted by molar-refractivity contribution is 5.87. The average Bonchev–Trinajstić information content (AvgIpc) is 2.74. The van der Waals surface area contributed by atoms with Crippen molar-refractivity contribution in [3.8, 4) is 5.82 Å². The molecule has 2 aromatic heterocycles. The van der Waals surface area contributed by atoms with Crippen molar-refractivity contribution in [1.82, 2.24) is 19.5 Å². The molecule has 0 aliphatic carbocycles. The molecule has 0 fully saturated rings. The van der Waals surface area contributed by atoms with Gasteiger partial charge in [0.25, 0.3) is 0 Å². The number of aryl methyl sites for hydroxylation is 1. The van der Waals surface area contributed by atoms with E-state index in [0.717, 1.165) is 22.5 Å². The van der Waals surface area contributed by atoms with Crippen LogP contribution >= 0.6 is 0 Å². The van der Waals surface area contributed by atoms with Gasteiger partial charge in [-0.25, -0.2) is 15.0 Å². The minimum absolute atomic E-state index is 0.700. The molecule has 0 spiro atoms. The van der Waals surface area contributed by atoms with Crippen LogP contribution in [0.3, 0.4) is 0 Å². The maximum absolute atomic E-state index is 5.80. The number of hydrogen-bond acceptors (Lipinski definition) is 4. The normalized spacial score (nSPS) is 10.9. The van der Waals surface area contributed by atoms with Gasteiger partial charge < -0.3 is 5.73 Å². The second-order valence-corrected chi connectivity index (χ2v) is 3.82. The van der Waals surface area contributed by atoms with Gasteiger partial charge in [0.1, 0.15) is 18.0 Å². The number of hydrogen-bond donors (Lipinski definition) is 1. The van der Waals surface area contributed by atoms with Crippen molar-refractivity contribution in [2.24, 2.45) is 0 Å². The van der Waals surface area contributed by atoms with Gasteiger partial charge in [-0.3, -0.25) is 4.57 Å². The lowest BCUT2D eigenvalue weighted by Crippen LogP contribution is -2.01. The second kappa shape index (κ2) is 3.55. The van der Waals surface area contributed by atoms with Crippen LogP contribution in [0, 0.1) is 6.92 Å². The quantitative estimate of drug-likeness (QED) is 0.640. The zero-order chi connectivity index (χ0) is 11.8. The van der Waals surface area contributed by atoms with Crippen LogP contribution in [0.2, 0.25) is 0 Å². The van der Waals surface area contributed by atoms with Gasteiger partial charge >= 0.3 is 0 Å². The van der Waals surface area contributed by atoms with Gasteiger partial charge in [0.15, 0.2) is 0 Å². The molecule has 0 amide bonds. The fraction of sp³-hybridized carbons (Fsp3) is 0.0833. The third-order valence-corrected chi connectivity index (χ3v) is 2.69. The zero-order valence-corrected chi connectivity index (χ0v) is 9.33. The molecule has 5 heteroatoms. The highest BCUT2D eigenvalue weighted by Crippen LogP contribution is 2.21. The first-order chi connectivity index (χ1) is 8.25. The van der Waals surface area contributed by atoms with E-state index >= 15 is 0 Å². The third kappa shape index (κ3) is 1.52. The van der Waals surface area contributed by atoms with Gasteiger partial charge in [-0.15, -0.1) is 0 Å². The highest BCUT2D eigenvalue weighted by atomic mass is 15.1. The number of nitrogen functional groups attached to an aromatic ring is 1. The smallest absolute Gasteiger partial charge is 0.149 e. The van der Waals surface area contributed by atoms with Gasteiger partial charge in [-0.2, -0.15) is 0 Å². The van der Waals surface area contributed by atoms with Crippen molar-refractivity contribution in [3.05, 3.63) is 42.7 Å². The molecule has 84 valence electrons. The molecule has 0 saturated heterocycles. The lowest BCUT2D eigenvalue weighted by molar-refractivity contribution is 0.935. The fourth-order valence-electron chi connectivity index (χ4n) is 1.85. The summed E-state index contributed by atoms with van der Waals surface area (Å²) in [4.78, 5) is 12.7. The average molecular weight is 225 g/mol. The largest absolute Gasteiger partial charge is 0.399 e. The Balaban J connectivity index is 2.37. The van der Waals surface area contributed by atoms with E-state index < -0.39 is 0 Å². The van der Waals surface area contributed by atoms with E-state index in [4.69, 9.17) is 5.73 Å². The molecular formula is C12H11N5. The SMILES string of the molecule is Cc1nccn1-c1ncnc2ccc(N)cc12. The maximum atomic E-state index is 5.80. The summed E-state index contributed by atoms with van der Waals surface area (Å²) >= 11 is 0. The first-order valence-corrected chi connectivity index (χ1v) is 5.26. The molecule has 0 saturated carbocycles. The van der Waals surface area contributed by atoms with Crippen molar-refractivity contribution < 1.29 is 0 Å². The van der Waals surface area contributed by atoms with E-state index in [-0.39, 0.29) is 0 Å². The molecule has 3 rings (SSSR count). The van der Waals surface area contributed by atoms with Crippen molar-refractivity contribution in [1.29, 1.82) is 0 Å². The number of imidazole rings is 1. The van der Waals surface area contributed by atoms with Crippen molar-refractivity contribution in [2.75, 3.05) is 5.73 Å². The first-order valence-electron chi connectivity index (χ1n) is 5.26. The lowest BCUT2D eigenvalue weighted by atomic mass is 10.2. The number of nitrogens with zero attached hydrogens (tertiary/aromatic N) is 4. The summed E-state index contributed by atoms with van der Waals surface area (Å²) in [5.74, 6) is 1.68. The van der Waals surface area contributed by atoms with Gasteiger partial charge in [-0.1, -0.05) is 0 Å². The summed E-state index contributed by atoms with van der Waals surface area (Å²) < 4.78 is 1.92. The number of fused-ring (bicyclic) bond motifs is 1. The van der Waals surface area contributed by atoms with Gasteiger partial charge in [0, 0.05) is 23.5 Å². The van der Waals surface area contributed by atoms with Gasteiger partial charge in [0.2, 0.25) is 0 Å². The number of rotatable bonds is 1. The fourth-order valence-corrected chi connectivity index (χ4v) is 1.85. The number of benzene rings is 1. The van der Waals surface area contributed by atoms with Crippen molar-refractivity contribution in [2.45, 2.75) is 6.92 Å². The van der Waals surface area contributed by atoms with Crippen LogP contribution in [0.15, 0.2) is 36.9 Å². The van der Waals surface area contributed by atoms with Crippen molar-refractivity contribution >= 4 is 16.6 Å². The van der Waals surface area contributed by atoms with E-state index in [1.165, 1.54) is 0 Å². The molecule has 0 aliphatic rings. The molecule has 0 bridgehead atoms. The van der Waals surface area contributed by atoms with Crippen LogP contribution in [-0.4, -0.2) is 19.5 Å². The van der Waals surface area contributed by atoms with E-state index in [0.29, 0.717) is 5.69 Å². The van der Waals surface area contributed by atoms with Crippen molar-refractivity contribution in [3.63, 3.8) is 0 Å². The molecule has 0 radical (unpaired) electrons. The lowest BCUT2D eigenvalue weighted by Gasteiger charge is -2.07. The molecule has 0 aliphatic heterocycles. The zero-order valence-electron chi connectivity index (χ0n) is 9.33. The summed E-state index contributed by atoms with van der Waals surface area (Å²) in [5.41, 5.74) is 7.38. The summed E-state index contributed by atoms with van der Waals surface area (Å²) in [5, 5.41) is 0.925. The van der Waals surface area contributed by atoms with Crippen LogP contribution < -0.4 is 5.73 Å². The minimum Gasteiger partial charge on any atom is -0.399 e. The Morgan fingerprint density at radius 3 is 2.82 bits per heavy atom. The Hall–Kier alpha value is -2.43. The van der Waals surface area contributed by atoms with Crippen LogP contribution in [0.1, 0.15) is 5.82 Å². The minimum atomic E-state index is 0.700. The van der Waals surface area contributed by atoms with E-state index in [1.807, 2.05) is 35.9 Å². The number of aromatic nitrogens is 4. The number of anilines is 1. The van der Waals surface area contributed by atoms with Crippen LogP contribution in [0.4, 0.5) is 5.69 Å². The first kappa shape index (κ1) is 9.77. The third-order valence-electron chi connectivity index (χ3n) is 2.69. The molecule has 0 unspecified atom stereocenters. The number of nitrogens with two attached hydrogens (primary N) is 1. The molecular weight excluding hydrogens is 214 g/mol. The monoisotopic (exact) mass is 225 g/mol. The Bertz CT molecular complexity index is 686. The summed E-state index contributed by atoms with van der Waals surface area (Å²) in [6, 6.07) is 5.60. The van der Waals surface area contributed by atoms with Gasteiger partial charge in [-0.05, 0) is 25.1 Å². The summed E-state index contributed by atoms with van der Waals surface area (Å²) in [6.07, 6.45) is 5.17. The standard InChI is InChI=1S/C12H11N5/c1-8-14-4-5-17(8)12-10-6-9(13)2-3-11(10)15-7-16-12/h2-7H,13H2,1H3. The Morgan fingerprint density at radius 2 is 2.06 bits per heavy atom. The van der Waals surface area contributed by atoms with Crippen LogP contribution in [0.25, 0.3) is 16.7 Å². The second-order valence-electron chi connectivity index (χ2n) is 3.82. The molecule has 5 nitrogen and oxygen atoms in total. The van der Waals surface area contributed by atoms with E-state index in [9.17, 15) is 0 Å².